The number of aryl methyl sites for hydroxylation is 1. The first kappa shape index (κ1) is 22.0. The van der Waals surface area contributed by atoms with E-state index in [1.165, 1.54) is 65.4 Å². The minimum absolute atomic E-state index is 0.410. The number of benzene rings is 3. The normalized spacial score (nSPS) is 32.3. The molecular weight excluding hydrogens is 494 g/mol. The van der Waals surface area contributed by atoms with E-state index in [9.17, 15) is 0 Å². The molecule has 7 rings (SSSR count). The highest BCUT2D eigenvalue weighted by Crippen LogP contribution is 2.64. The van der Waals surface area contributed by atoms with Crippen LogP contribution in [0.25, 0.3) is 0 Å². The first-order valence-corrected chi connectivity index (χ1v) is 14.2. The highest BCUT2D eigenvalue weighted by molar-refractivity contribution is 9.10. The number of rotatable bonds is 3. The summed E-state index contributed by atoms with van der Waals surface area (Å²) in [6.07, 6.45) is 7.81. The van der Waals surface area contributed by atoms with Crippen molar-refractivity contribution in [2.75, 3.05) is 5.32 Å². The van der Waals surface area contributed by atoms with Crippen molar-refractivity contribution in [3.05, 3.63) is 93.5 Å². The molecule has 0 aromatic heterocycles. The summed E-state index contributed by atoms with van der Waals surface area (Å²) in [5.41, 5.74) is 7.65. The van der Waals surface area contributed by atoms with E-state index in [2.05, 4.69) is 94.9 Å². The summed E-state index contributed by atoms with van der Waals surface area (Å²) in [5, 5.41) is 4.04. The van der Waals surface area contributed by atoms with E-state index in [0.29, 0.717) is 18.1 Å². The standard InChI is InChI=1S/C32H34BrNO/c1-32-14-13-27-26-11-9-25(35-19-20-5-3-2-4-6-20)17-21(26)7-10-28(27)29(32)18-23-15-22-16-24(33)8-12-30(22)34-31(23)32/h2-6,8-9,11-12,16-17,23,27-29,31,34H,7,10,13-15,18-19H2,1H3/t23-,27-,28-,29+,31+,32+/m1/s1. The number of hydrogen-bond donors (Lipinski definition) is 1. The van der Waals surface area contributed by atoms with Crippen molar-refractivity contribution >= 4 is 21.6 Å². The summed E-state index contributed by atoms with van der Waals surface area (Å²) in [7, 11) is 0. The van der Waals surface area contributed by atoms with Gasteiger partial charge in [-0.3, -0.25) is 0 Å². The molecule has 180 valence electrons. The van der Waals surface area contributed by atoms with Gasteiger partial charge in [-0.2, -0.15) is 0 Å². The topological polar surface area (TPSA) is 21.3 Å². The minimum Gasteiger partial charge on any atom is -0.489 e. The van der Waals surface area contributed by atoms with Crippen LogP contribution >= 0.6 is 15.9 Å². The smallest absolute Gasteiger partial charge is 0.120 e. The van der Waals surface area contributed by atoms with Crippen LogP contribution in [-0.2, 0) is 19.4 Å². The molecule has 35 heavy (non-hydrogen) atoms. The molecule has 0 bridgehead atoms. The first-order valence-electron chi connectivity index (χ1n) is 13.4. The molecule has 2 saturated carbocycles. The third-order valence-corrected chi connectivity index (χ3v) is 10.5. The molecule has 0 amide bonds. The van der Waals surface area contributed by atoms with Crippen LogP contribution < -0.4 is 10.1 Å². The number of hydrogen-bond acceptors (Lipinski definition) is 2. The number of anilines is 1. The zero-order valence-corrected chi connectivity index (χ0v) is 22.1. The van der Waals surface area contributed by atoms with Gasteiger partial charge < -0.3 is 10.1 Å². The summed E-state index contributed by atoms with van der Waals surface area (Å²) in [4.78, 5) is 0. The SMILES string of the molecule is C[C@]12CC[C@@H]3c4ccc(OCc5ccccc5)cc4CC[C@H]3[C@@H]1C[C@H]1Cc3cc(Br)ccc3N[C@@H]12. The Morgan fingerprint density at radius 1 is 1.00 bits per heavy atom. The number of ether oxygens (including phenoxy) is 1. The van der Waals surface area contributed by atoms with E-state index in [-0.39, 0.29) is 0 Å². The number of nitrogens with one attached hydrogen (secondary N) is 1. The van der Waals surface area contributed by atoms with E-state index in [1.54, 1.807) is 5.56 Å². The molecular formula is C32H34BrNO. The Morgan fingerprint density at radius 3 is 2.77 bits per heavy atom. The van der Waals surface area contributed by atoms with Gasteiger partial charge in [-0.1, -0.05) is 59.3 Å². The molecule has 0 unspecified atom stereocenters. The fraction of sp³-hybridized carbons (Fsp3) is 0.438. The van der Waals surface area contributed by atoms with Crippen LogP contribution in [0.1, 0.15) is 60.8 Å². The lowest BCUT2D eigenvalue weighted by molar-refractivity contribution is 0.0530. The Morgan fingerprint density at radius 2 is 1.89 bits per heavy atom. The maximum atomic E-state index is 6.17. The summed E-state index contributed by atoms with van der Waals surface area (Å²) in [6.45, 7) is 3.26. The van der Waals surface area contributed by atoms with Gasteiger partial charge in [0.15, 0.2) is 0 Å². The zero-order valence-electron chi connectivity index (χ0n) is 20.5. The highest BCUT2D eigenvalue weighted by atomic mass is 79.9. The maximum Gasteiger partial charge on any atom is 0.120 e. The van der Waals surface area contributed by atoms with E-state index in [1.807, 2.05) is 0 Å². The fourth-order valence-electron chi connectivity index (χ4n) is 8.37. The Hall–Kier alpha value is -2.26. The van der Waals surface area contributed by atoms with Crippen molar-refractivity contribution in [1.29, 1.82) is 0 Å². The summed E-state index contributed by atoms with van der Waals surface area (Å²) in [5.74, 6) is 4.15. The van der Waals surface area contributed by atoms with Crippen LogP contribution in [0.15, 0.2) is 71.2 Å². The van der Waals surface area contributed by atoms with Crippen LogP contribution in [0.2, 0.25) is 0 Å². The van der Waals surface area contributed by atoms with Gasteiger partial charge in [-0.25, -0.2) is 0 Å². The van der Waals surface area contributed by atoms with Gasteiger partial charge in [0, 0.05) is 16.2 Å². The molecule has 1 heterocycles. The second-order valence-corrected chi connectivity index (χ2v) is 12.6. The zero-order chi connectivity index (χ0) is 23.6. The Balaban J connectivity index is 1.11. The summed E-state index contributed by atoms with van der Waals surface area (Å²) in [6, 6.07) is 24.9. The van der Waals surface area contributed by atoms with Gasteiger partial charge in [-0.15, -0.1) is 0 Å². The number of halogens is 1. The van der Waals surface area contributed by atoms with Gasteiger partial charge in [0.2, 0.25) is 0 Å². The lowest BCUT2D eigenvalue weighted by atomic mass is 9.55. The molecule has 0 radical (unpaired) electrons. The van der Waals surface area contributed by atoms with Gasteiger partial charge in [0.05, 0.1) is 0 Å². The molecule has 3 aliphatic carbocycles. The third kappa shape index (κ3) is 3.65. The second-order valence-electron chi connectivity index (χ2n) is 11.7. The molecule has 6 atom stereocenters. The fourth-order valence-corrected chi connectivity index (χ4v) is 8.78. The Bertz CT molecular complexity index is 1260. The average Bonchev–Trinajstić information content (AvgIpc) is 3.18. The molecule has 3 heteroatoms. The summed E-state index contributed by atoms with van der Waals surface area (Å²) >= 11 is 3.69. The molecule has 2 nitrogen and oxygen atoms in total. The highest BCUT2D eigenvalue weighted by Gasteiger charge is 2.59. The maximum absolute atomic E-state index is 6.17. The van der Waals surface area contributed by atoms with Crippen LogP contribution in [-0.4, -0.2) is 6.04 Å². The first-order chi connectivity index (χ1) is 17.1. The molecule has 4 aliphatic rings. The molecule has 0 saturated heterocycles. The molecule has 0 spiro atoms. The predicted octanol–water partition coefficient (Wildman–Crippen LogP) is 8.15. The summed E-state index contributed by atoms with van der Waals surface area (Å²) < 4.78 is 7.37. The number of fused-ring (bicyclic) bond motifs is 8. The molecule has 3 aromatic rings. The monoisotopic (exact) mass is 527 g/mol. The van der Waals surface area contributed by atoms with Crippen LogP contribution in [0, 0.1) is 23.2 Å². The third-order valence-electron chi connectivity index (χ3n) is 9.98. The van der Waals surface area contributed by atoms with E-state index in [4.69, 9.17) is 4.74 Å². The van der Waals surface area contributed by atoms with E-state index in [0.717, 1.165) is 29.4 Å². The van der Waals surface area contributed by atoms with Crippen LogP contribution in [0.3, 0.4) is 0 Å². The minimum atomic E-state index is 0.410. The van der Waals surface area contributed by atoms with Gasteiger partial charge in [0.1, 0.15) is 12.4 Å². The van der Waals surface area contributed by atoms with Crippen molar-refractivity contribution in [1.82, 2.24) is 0 Å². The van der Waals surface area contributed by atoms with Crippen LogP contribution in [0.4, 0.5) is 5.69 Å². The van der Waals surface area contributed by atoms with Crippen molar-refractivity contribution in [3.8, 4) is 5.75 Å². The van der Waals surface area contributed by atoms with Gasteiger partial charge >= 0.3 is 0 Å². The quantitative estimate of drug-likeness (QED) is 0.371. The molecule has 2 fully saturated rings. The molecule has 1 N–H and O–H groups in total. The van der Waals surface area contributed by atoms with Crippen molar-refractivity contribution in [2.45, 2.75) is 64.0 Å². The van der Waals surface area contributed by atoms with E-state index < -0.39 is 0 Å². The van der Waals surface area contributed by atoms with Crippen molar-refractivity contribution < 1.29 is 4.74 Å². The van der Waals surface area contributed by atoms with Crippen molar-refractivity contribution in [3.63, 3.8) is 0 Å². The molecule has 3 aromatic carbocycles. The largest absolute Gasteiger partial charge is 0.489 e. The lowest BCUT2D eigenvalue weighted by Crippen LogP contribution is -2.48. The lowest BCUT2D eigenvalue weighted by Gasteiger charge is -2.51. The Labute approximate surface area is 217 Å². The van der Waals surface area contributed by atoms with Crippen molar-refractivity contribution in [2.24, 2.45) is 23.2 Å². The molecule has 1 aliphatic heterocycles. The van der Waals surface area contributed by atoms with Gasteiger partial charge in [-0.05, 0) is 120 Å². The van der Waals surface area contributed by atoms with Crippen LogP contribution in [0.5, 0.6) is 5.75 Å². The van der Waals surface area contributed by atoms with Gasteiger partial charge in [0.25, 0.3) is 0 Å². The van der Waals surface area contributed by atoms with E-state index >= 15 is 0 Å². The Kier molecular flexibility index (Phi) is 5.28. The predicted molar refractivity (Wildman–Crippen MR) is 146 cm³/mol. The second kappa shape index (κ2) is 8.40. The average molecular weight is 529 g/mol.